The van der Waals surface area contributed by atoms with Gasteiger partial charge in [-0.2, -0.15) is 5.10 Å². The molecule has 1 heterocycles. The van der Waals surface area contributed by atoms with E-state index in [1.165, 1.54) is 0 Å². The molecule has 0 saturated heterocycles. The Morgan fingerprint density at radius 3 is 2.95 bits per heavy atom. The third-order valence-electron chi connectivity index (χ3n) is 3.40. The van der Waals surface area contributed by atoms with Crippen molar-refractivity contribution in [2.45, 2.75) is 38.8 Å². The van der Waals surface area contributed by atoms with Crippen molar-refractivity contribution in [2.75, 3.05) is 0 Å². The van der Waals surface area contributed by atoms with Crippen LogP contribution in [0.2, 0.25) is 5.02 Å². The molecule has 1 N–H and O–H groups in total. The number of rotatable bonds is 4. The van der Waals surface area contributed by atoms with E-state index in [9.17, 15) is 0 Å². The van der Waals surface area contributed by atoms with E-state index in [0.29, 0.717) is 21.6 Å². The first-order valence-corrected chi connectivity index (χ1v) is 7.44. The van der Waals surface area contributed by atoms with E-state index in [1.54, 1.807) is 0 Å². The van der Waals surface area contributed by atoms with E-state index in [4.69, 9.17) is 28.6 Å². The molecule has 1 aliphatic rings. The Morgan fingerprint density at radius 1 is 1.50 bits per heavy atom. The predicted octanol–water partition coefficient (Wildman–Crippen LogP) is 4.38. The highest BCUT2D eigenvalue weighted by Crippen LogP contribution is 2.38. The van der Waals surface area contributed by atoms with Crippen LogP contribution in [-0.2, 0) is 0 Å². The molecule has 0 amide bonds. The summed E-state index contributed by atoms with van der Waals surface area (Å²) in [6.07, 6.45) is 2.10. The summed E-state index contributed by atoms with van der Waals surface area (Å²) < 4.78 is 8.68. The van der Waals surface area contributed by atoms with Gasteiger partial charge >= 0.3 is 0 Å². The van der Waals surface area contributed by atoms with E-state index in [2.05, 4.69) is 14.8 Å². The number of hydrogen-bond donors (Lipinski definition) is 1. The topological polar surface area (TPSA) is 42.8 Å². The summed E-state index contributed by atoms with van der Waals surface area (Å²) in [4.78, 5) is 0. The van der Waals surface area contributed by atoms with Crippen molar-refractivity contribution in [1.29, 1.82) is 0 Å². The molecule has 6 heteroatoms. The summed E-state index contributed by atoms with van der Waals surface area (Å²) in [6.45, 7) is 3.97. The third kappa shape index (κ3) is 2.60. The lowest BCUT2D eigenvalue weighted by Crippen LogP contribution is -2.11. The van der Waals surface area contributed by atoms with Crippen molar-refractivity contribution in [3.63, 3.8) is 0 Å². The molecule has 0 radical (unpaired) electrons. The van der Waals surface area contributed by atoms with Gasteiger partial charge in [-0.25, -0.2) is 0 Å². The number of hydrogen-bond acceptors (Lipinski definition) is 3. The zero-order valence-corrected chi connectivity index (χ0v) is 13.0. The van der Waals surface area contributed by atoms with Gasteiger partial charge in [0.1, 0.15) is 5.75 Å². The van der Waals surface area contributed by atoms with Crippen molar-refractivity contribution in [3.05, 3.63) is 39.4 Å². The number of aromatic amines is 1. The Bertz CT molecular complexity index is 690. The number of H-pyrrole nitrogens is 1. The van der Waals surface area contributed by atoms with Crippen molar-refractivity contribution < 1.29 is 4.74 Å². The zero-order chi connectivity index (χ0) is 14.3. The van der Waals surface area contributed by atoms with Gasteiger partial charge in [-0.15, -0.1) is 0 Å². The standard InChI is InChI=1S/C14H16ClN3OS/c1-8-3-6-11(15)12(7-8)19-9(2)13-16-17-14(20)18(13)10-4-5-10/h3,6-7,9-10H,4-5H2,1-2H3,(H,17,20)/t9-/m1/s1. The molecule has 2 aromatic rings. The first kappa shape index (κ1) is 13.6. The van der Waals surface area contributed by atoms with Gasteiger partial charge in [0, 0.05) is 6.04 Å². The van der Waals surface area contributed by atoms with Gasteiger partial charge in [0.05, 0.1) is 5.02 Å². The van der Waals surface area contributed by atoms with Crippen LogP contribution >= 0.6 is 23.8 Å². The Hall–Kier alpha value is -1.33. The van der Waals surface area contributed by atoms with Gasteiger partial charge in [-0.1, -0.05) is 17.7 Å². The maximum atomic E-state index is 6.17. The van der Waals surface area contributed by atoms with Crippen LogP contribution in [-0.4, -0.2) is 14.8 Å². The molecule has 3 rings (SSSR count). The number of benzene rings is 1. The highest BCUT2D eigenvalue weighted by Gasteiger charge is 2.29. The summed E-state index contributed by atoms with van der Waals surface area (Å²) in [7, 11) is 0. The maximum Gasteiger partial charge on any atom is 0.195 e. The number of aromatic nitrogens is 3. The van der Waals surface area contributed by atoms with Gasteiger partial charge in [0.25, 0.3) is 0 Å². The number of halogens is 1. The van der Waals surface area contributed by atoms with Crippen molar-refractivity contribution in [2.24, 2.45) is 0 Å². The van der Waals surface area contributed by atoms with Gasteiger partial charge in [-0.05, 0) is 56.6 Å². The maximum absolute atomic E-state index is 6.17. The first-order valence-electron chi connectivity index (χ1n) is 6.66. The quantitative estimate of drug-likeness (QED) is 0.852. The number of nitrogens with zero attached hydrogens (tertiary/aromatic N) is 2. The van der Waals surface area contributed by atoms with E-state index in [-0.39, 0.29) is 6.10 Å². The molecule has 1 fully saturated rings. The Kier molecular flexibility index (Phi) is 3.56. The molecule has 1 aliphatic carbocycles. The van der Waals surface area contributed by atoms with Crippen molar-refractivity contribution in [1.82, 2.24) is 14.8 Å². The fourth-order valence-electron chi connectivity index (χ4n) is 2.23. The largest absolute Gasteiger partial charge is 0.481 e. The zero-order valence-electron chi connectivity index (χ0n) is 11.4. The van der Waals surface area contributed by atoms with E-state index < -0.39 is 0 Å². The molecule has 20 heavy (non-hydrogen) atoms. The lowest BCUT2D eigenvalue weighted by molar-refractivity contribution is 0.210. The molecular formula is C14H16ClN3OS. The molecule has 1 atom stereocenters. The molecule has 1 aromatic carbocycles. The van der Waals surface area contributed by atoms with Crippen LogP contribution < -0.4 is 4.74 Å². The highest BCUT2D eigenvalue weighted by molar-refractivity contribution is 7.71. The minimum atomic E-state index is -0.206. The average Bonchev–Trinajstić information content (AvgIpc) is 3.16. The Labute approximate surface area is 127 Å². The van der Waals surface area contributed by atoms with E-state index in [0.717, 1.165) is 24.2 Å². The third-order valence-corrected chi connectivity index (χ3v) is 4.00. The molecule has 0 unspecified atom stereocenters. The first-order chi connectivity index (χ1) is 9.56. The van der Waals surface area contributed by atoms with Crippen LogP contribution in [0.15, 0.2) is 18.2 Å². The number of aryl methyl sites for hydroxylation is 1. The van der Waals surface area contributed by atoms with Gasteiger partial charge in [0.2, 0.25) is 0 Å². The Balaban J connectivity index is 1.88. The second-order valence-electron chi connectivity index (χ2n) is 5.18. The SMILES string of the molecule is Cc1ccc(Cl)c(O[C@H](C)c2n[nH]c(=S)n2C2CC2)c1. The number of ether oxygens (including phenoxy) is 1. The van der Waals surface area contributed by atoms with Crippen molar-refractivity contribution >= 4 is 23.8 Å². The molecule has 0 aliphatic heterocycles. The molecule has 1 aromatic heterocycles. The van der Waals surface area contributed by atoms with Crippen molar-refractivity contribution in [3.8, 4) is 5.75 Å². The van der Waals surface area contributed by atoms with Crippen LogP contribution in [0, 0.1) is 11.7 Å². The molecular weight excluding hydrogens is 294 g/mol. The Morgan fingerprint density at radius 2 is 2.25 bits per heavy atom. The highest BCUT2D eigenvalue weighted by atomic mass is 35.5. The van der Waals surface area contributed by atoms with Crippen LogP contribution in [0.4, 0.5) is 0 Å². The van der Waals surface area contributed by atoms with Gasteiger partial charge < -0.3 is 4.74 Å². The monoisotopic (exact) mass is 309 g/mol. The van der Waals surface area contributed by atoms with Crippen LogP contribution in [0.3, 0.4) is 0 Å². The summed E-state index contributed by atoms with van der Waals surface area (Å²) in [6, 6.07) is 6.20. The summed E-state index contributed by atoms with van der Waals surface area (Å²) >= 11 is 11.4. The van der Waals surface area contributed by atoms with Gasteiger partial charge in [0.15, 0.2) is 16.7 Å². The fourth-order valence-corrected chi connectivity index (χ4v) is 2.68. The number of nitrogens with one attached hydrogen (secondary N) is 1. The second kappa shape index (κ2) is 5.22. The molecule has 1 saturated carbocycles. The molecule has 0 spiro atoms. The van der Waals surface area contributed by atoms with E-state index >= 15 is 0 Å². The summed E-state index contributed by atoms with van der Waals surface area (Å²) in [5.41, 5.74) is 1.11. The normalized spacial score (nSPS) is 16.1. The summed E-state index contributed by atoms with van der Waals surface area (Å²) in [5, 5.41) is 7.76. The minimum Gasteiger partial charge on any atom is -0.481 e. The second-order valence-corrected chi connectivity index (χ2v) is 5.98. The lowest BCUT2D eigenvalue weighted by atomic mass is 10.2. The lowest BCUT2D eigenvalue weighted by Gasteiger charge is -2.16. The molecule has 106 valence electrons. The van der Waals surface area contributed by atoms with E-state index in [1.807, 2.05) is 32.0 Å². The smallest absolute Gasteiger partial charge is 0.195 e. The van der Waals surface area contributed by atoms with Crippen LogP contribution in [0.1, 0.15) is 43.3 Å². The van der Waals surface area contributed by atoms with Crippen LogP contribution in [0.5, 0.6) is 5.75 Å². The van der Waals surface area contributed by atoms with Gasteiger partial charge in [-0.3, -0.25) is 9.67 Å². The fraction of sp³-hybridized carbons (Fsp3) is 0.429. The molecule has 4 nitrogen and oxygen atoms in total. The molecule has 0 bridgehead atoms. The predicted molar refractivity (Wildman–Crippen MR) is 80.9 cm³/mol. The van der Waals surface area contributed by atoms with Crippen LogP contribution in [0.25, 0.3) is 0 Å². The minimum absolute atomic E-state index is 0.206. The average molecular weight is 310 g/mol. The summed E-state index contributed by atoms with van der Waals surface area (Å²) in [5.74, 6) is 1.51.